The van der Waals surface area contributed by atoms with Crippen LogP contribution in [0, 0.1) is 11.6 Å². The summed E-state index contributed by atoms with van der Waals surface area (Å²) in [5.74, 6) is -3.02. The molecule has 0 fully saturated rings. The van der Waals surface area contributed by atoms with Crippen LogP contribution in [0.4, 0.5) is 8.78 Å². The molecule has 0 saturated heterocycles. The van der Waals surface area contributed by atoms with Gasteiger partial charge in [-0.25, -0.2) is 18.4 Å². The van der Waals surface area contributed by atoms with E-state index < -0.39 is 35.2 Å². The van der Waals surface area contributed by atoms with Gasteiger partial charge in [0, 0.05) is 11.1 Å². The summed E-state index contributed by atoms with van der Waals surface area (Å²) < 4.78 is 40.9. The van der Waals surface area contributed by atoms with E-state index in [0.717, 1.165) is 15.9 Å². The van der Waals surface area contributed by atoms with Crippen molar-refractivity contribution in [2.75, 3.05) is 13.2 Å². The van der Waals surface area contributed by atoms with Crippen LogP contribution < -0.4 is 20.5 Å². The van der Waals surface area contributed by atoms with Crippen LogP contribution in [0.3, 0.4) is 0 Å². The molecule has 2 aromatic carbocycles. The lowest BCUT2D eigenvalue weighted by Gasteiger charge is -2.27. The molecule has 1 aromatic heterocycles. The molecule has 0 spiro atoms. The Morgan fingerprint density at radius 1 is 1.00 bits per heavy atom. The molecule has 1 unspecified atom stereocenters. The normalized spacial score (nSPS) is 15.6. The standard InChI is InChI=1S/C26H22F2N2O5S/c1-3-34-25(32)19-21(29)20(26(33)35-4-2)24-30(22(19)15-10-6-8-12-17(15)28)23(31)18(36-24)13-14-9-5-7-11-16(14)27/h5-13,22H,3-4,29H2,1-2H3. The summed E-state index contributed by atoms with van der Waals surface area (Å²) in [7, 11) is 0. The predicted octanol–water partition coefficient (Wildman–Crippen LogP) is 2.11. The lowest BCUT2D eigenvalue weighted by atomic mass is 9.91. The van der Waals surface area contributed by atoms with Crippen LogP contribution in [0.15, 0.2) is 64.6 Å². The van der Waals surface area contributed by atoms with E-state index in [2.05, 4.69) is 0 Å². The summed E-state index contributed by atoms with van der Waals surface area (Å²) in [6.07, 6.45) is 1.33. The molecule has 0 amide bonds. The number of hydrogen-bond donors (Lipinski definition) is 1. The van der Waals surface area contributed by atoms with E-state index in [4.69, 9.17) is 15.2 Å². The van der Waals surface area contributed by atoms with E-state index in [-0.39, 0.29) is 50.4 Å². The van der Waals surface area contributed by atoms with Crippen molar-refractivity contribution in [3.8, 4) is 0 Å². The first kappa shape index (κ1) is 25.1. The predicted molar refractivity (Wildman–Crippen MR) is 130 cm³/mol. The Hall–Kier alpha value is -4.05. The van der Waals surface area contributed by atoms with Gasteiger partial charge in [0.25, 0.3) is 5.56 Å². The average Bonchev–Trinajstić information content (AvgIpc) is 3.15. The summed E-state index contributed by atoms with van der Waals surface area (Å²) in [5.41, 5.74) is 5.04. The molecule has 7 nitrogen and oxygen atoms in total. The Balaban J connectivity index is 2.15. The van der Waals surface area contributed by atoms with E-state index in [1.165, 1.54) is 42.5 Å². The van der Waals surface area contributed by atoms with Crippen LogP contribution in [0.2, 0.25) is 0 Å². The maximum Gasteiger partial charge on any atom is 0.343 e. The van der Waals surface area contributed by atoms with Crippen LogP contribution in [-0.4, -0.2) is 29.7 Å². The minimum Gasteiger partial charge on any atom is -0.463 e. The Morgan fingerprint density at radius 2 is 1.61 bits per heavy atom. The lowest BCUT2D eigenvalue weighted by molar-refractivity contribution is -0.139. The zero-order valence-electron chi connectivity index (χ0n) is 19.4. The number of carbonyl (C=O) groups is 2. The van der Waals surface area contributed by atoms with E-state index in [1.807, 2.05) is 0 Å². The third-order valence-electron chi connectivity index (χ3n) is 5.53. The lowest BCUT2D eigenvalue weighted by Crippen LogP contribution is -2.44. The van der Waals surface area contributed by atoms with Gasteiger partial charge < -0.3 is 15.2 Å². The number of rotatable bonds is 6. The van der Waals surface area contributed by atoms with Gasteiger partial charge in [-0.1, -0.05) is 36.4 Å². The van der Waals surface area contributed by atoms with Crippen molar-refractivity contribution in [3.63, 3.8) is 0 Å². The Kier molecular flexibility index (Phi) is 7.16. The number of halogens is 2. The van der Waals surface area contributed by atoms with E-state index in [0.29, 0.717) is 0 Å². The molecule has 2 heterocycles. The van der Waals surface area contributed by atoms with Crippen molar-refractivity contribution in [2.24, 2.45) is 5.73 Å². The van der Waals surface area contributed by atoms with Crippen LogP contribution in [0.5, 0.6) is 0 Å². The monoisotopic (exact) mass is 512 g/mol. The van der Waals surface area contributed by atoms with Crippen molar-refractivity contribution >= 4 is 34.9 Å². The summed E-state index contributed by atoms with van der Waals surface area (Å²) >= 11 is 0.865. The van der Waals surface area contributed by atoms with Gasteiger partial charge in [-0.2, -0.15) is 0 Å². The number of benzene rings is 2. The topological polar surface area (TPSA) is 101 Å². The minimum atomic E-state index is -1.33. The largest absolute Gasteiger partial charge is 0.463 e. The number of carbonyl (C=O) groups excluding carboxylic acids is 2. The quantitative estimate of drug-likeness (QED) is 0.508. The number of nitrogens with zero attached hydrogens (tertiary/aromatic N) is 1. The first-order valence-electron chi connectivity index (χ1n) is 11.1. The zero-order valence-corrected chi connectivity index (χ0v) is 20.2. The summed E-state index contributed by atoms with van der Waals surface area (Å²) in [4.78, 5) is 39.7. The molecule has 3 aromatic rings. The number of thiazole rings is 1. The number of ether oxygens (including phenoxy) is 2. The molecular formula is C26H22F2N2O5S. The molecule has 2 N–H and O–H groups in total. The third kappa shape index (κ3) is 4.35. The maximum atomic E-state index is 15.0. The second-order valence-electron chi connectivity index (χ2n) is 7.68. The van der Waals surface area contributed by atoms with Gasteiger partial charge in [0.15, 0.2) is 0 Å². The molecule has 0 radical (unpaired) electrons. The molecule has 0 saturated carbocycles. The summed E-state index contributed by atoms with van der Waals surface area (Å²) in [6, 6.07) is 10.1. The molecular weight excluding hydrogens is 490 g/mol. The first-order chi connectivity index (χ1) is 17.3. The molecule has 1 aliphatic heterocycles. The Bertz CT molecular complexity index is 1570. The molecule has 1 atom stereocenters. The molecule has 4 rings (SSSR count). The van der Waals surface area contributed by atoms with E-state index >= 15 is 4.39 Å². The van der Waals surface area contributed by atoms with Gasteiger partial charge in [0.1, 0.15) is 27.9 Å². The maximum absolute atomic E-state index is 15.0. The second kappa shape index (κ2) is 10.3. The van der Waals surface area contributed by atoms with Crippen LogP contribution in [0.25, 0.3) is 11.6 Å². The SMILES string of the molecule is CCOC(=O)C1=C(N)C(C(=O)OCC)=c2sc(=Cc3ccccc3F)c(=O)n2C1c1ccccc1F. The number of fused-ring (bicyclic) bond motifs is 1. The molecule has 186 valence electrons. The van der Waals surface area contributed by atoms with Crippen molar-refractivity contribution in [2.45, 2.75) is 19.9 Å². The summed E-state index contributed by atoms with van der Waals surface area (Å²) in [5, 5.41) is 0. The Labute approximate surface area is 208 Å². The van der Waals surface area contributed by atoms with Crippen molar-refractivity contribution in [1.29, 1.82) is 0 Å². The van der Waals surface area contributed by atoms with Crippen LogP contribution in [-0.2, 0) is 19.1 Å². The average molecular weight is 513 g/mol. The van der Waals surface area contributed by atoms with E-state index in [1.54, 1.807) is 26.0 Å². The summed E-state index contributed by atoms with van der Waals surface area (Å²) in [6.45, 7) is 3.15. The molecule has 10 heteroatoms. The number of nitrogens with two attached hydrogens (primary N) is 1. The molecule has 36 heavy (non-hydrogen) atoms. The van der Waals surface area contributed by atoms with E-state index in [9.17, 15) is 18.8 Å². The van der Waals surface area contributed by atoms with Crippen LogP contribution in [0.1, 0.15) is 31.0 Å². The number of esters is 2. The van der Waals surface area contributed by atoms with Gasteiger partial charge in [0.2, 0.25) is 0 Å². The van der Waals surface area contributed by atoms with Crippen molar-refractivity contribution in [3.05, 3.63) is 102 Å². The number of hydrogen-bond acceptors (Lipinski definition) is 7. The fourth-order valence-electron chi connectivity index (χ4n) is 3.99. The van der Waals surface area contributed by atoms with Crippen molar-refractivity contribution in [1.82, 2.24) is 4.57 Å². The fraction of sp³-hybridized carbons (Fsp3) is 0.192. The van der Waals surface area contributed by atoms with Gasteiger partial charge in [-0.05, 0) is 32.1 Å². The van der Waals surface area contributed by atoms with Gasteiger partial charge >= 0.3 is 11.9 Å². The third-order valence-corrected chi connectivity index (χ3v) is 6.63. The first-order valence-corrected chi connectivity index (χ1v) is 11.9. The number of aromatic nitrogens is 1. The Morgan fingerprint density at radius 3 is 2.25 bits per heavy atom. The molecule has 0 bridgehead atoms. The smallest absolute Gasteiger partial charge is 0.343 e. The minimum absolute atomic E-state index is 0.00487. The van der Waals surface area contributed by atoms with Crippen LogP contribution >= 0.6 is 11.3 Å². The highest BCUT2D eigenvalue weighted by Crippen LogP contribution is 2.33. The van der Waals surface area contributed by atoms with Crippen molar-refractivity contribution < 1.29 is 27.8 Å². The second-order valence-corrected chi connectivity index (χ2v) is 8.71. The molecule has 0 aliphatic carbocycles. The highest BCUT2D eigenvalue weighted by Gasteiger charge is 2.39. The van der Waals surface area contributed by atoms with Gasteiger partial charge in [-0.3, -0.25) is 9.36 Å². The highest BCUT2D eigenvalue weighted by molar-refractivity contribution is 7.07. The van der Waals surface area contributed by atoms with Gasteiger partial charge in [-0.15, -0.1) is 11.3 Å². The fourth-order valence-corrected chi connectivity index (χ4v) is 5.15. The van der Waals surface area contributed by atoms with Gasteiger partial charge in [0.05, 0.1) is 29.0 Å². The highest BCUT2D eigenvalue weighted by atomic mass is 32.1. The zero-order chi connectivity index (χ0) is 26.0. The molecule has 1 aliphatic rings.